The average molecular weight is 293 g/mol. The molecule has 0 unspecified atom stereocenters. The molecule has 7 heteroatoms. The summed E-state index contributed by atoms with van der Waals surface area (Å²) in [7, 11) is 0. The average Bonchev–Trinajstić information content (AvgIpc) is 2.69. The number of halogens is 1. The molecule has 1 aromatic heterocycles. The van der Waals surface area contributed by atoms with E-state index in [1.807, 2.05) is 18.2 Å². The van der Waals surface area contributed by atoms with Crippen molar-refractivity contribution in [1.82, 2.24) is 9.97 Å². The summed E-state index contributed by atoms with van der Waals surface area (Å²) in [6, 6.07) is 5.55. The van der Waals surface area contributed by atoms with Gasteiger partial charge in [0.2, 0.25) is 0 Å². The van der Waals surface area contributed by atoms with Crippen LogP contribution in [-0.2, 0) is 0 Å². The standard InChI is InChI=1S/C13H13ClN4O2/c14-11-12(15)16-7-17-13(11)18-8-2-3-9-10(6-8)20-5-1-4-19-9/h2-3,6-7H,1,4-5H2,(H3,15,16,17,18). The summed E-state index contributed by atoms with van der Waals surface area (Å²) in [5.41, 5.74) is 6.42. The van der Waals surface area contributed by atoms with E-state index in [2.05, 4.69) is 15.3 Å². The first-order chi connectivity index (χ1) is 9.74. The van der Waals surface area contributed by atoms with Crippen molar-refractivity contribution in [2.75, 3.05) is 24.3 Å². The molecule has 0 spiro atoms. The Hall–Kier alpha value is -2.21. The third-order valence-electron chi connectivity index (χ3n) is 2.83. The lowest BCUT2D eigenvalue weighted by atomic mass is 10.2. The molecule has 1 aromatic carbocycles. The van der Waals surface area contributed by atoms with Gasteiger partial charge in [-0.2, -0.15) is 0 Å². The number of nitrogens with zero attached hydrogens (tertiary/aromatic N) is 2. The minimum absolute atomic E-state index is 0.235. The fraction of sp³-hybridized carbons (Fsp3) is 0.231. The topological polar surface area (TPSA) is 82.3 Å². The number of nitrogen functional groups attached to an aromatic ring is 1. The lowest BCUT2D eigenvalue weighted by molar-refractivity contribution is 0.297. The fourth-order valence-electron chi connectivity index (χ4n) is 1.85. The number of benzene rings is 1. The molecule has 0 atom stereocenters. The number of hydrogen-bond acceptors (Lipinski definition) is 6. The van der Waals surface area contributed by atoms with E-state index in [0.717, 1.165) is 17.9 Å². The van der Waals surface area contributed by atoms with Gasteiger partial charge in [-0.1, -0.05) is 11.6 Å². The second kappa shape index (κ2) is 5.42. The van der Waals surface area contributed by atoms with E-state index in [-0.39, 0.29) is 5.82 Å². The Morgan fingerprint density at radius 2 is 1.95 bits per heavy atom. The van der Waals surface area contributed by atoms with Gasteiger partial charge in [0.1, 0.15) is 17.2 Å². The number of nitrogens with two attached hydrogens (primary N) is 1. The van der Waals surface area contributed by atoms with Crippen LogP contribution in [-0.4, -0.2) is 23.2 Å². The van der Waals surface area contributed by atoms with Crippen molar-refractivity contribution in [3.8, 4) is 11.5 Å². The number of anilines is 3. The van der Waals surface area contributed by atoms with Gasteiger partial charge in [0.25, 0.3) is 0 Å². The van der Waals surface area contributed by atoms with Crippen LogP contribution in [0.5, 0.6) is 11.5 Å². The Morgan fingerprint density at radius 3 is 2.80 bits per heavy atom. The maximum Gasteiger partial charge on any atom is 0.163 e. The monoisotopic (exact) mass is 292 g/mol. The quantitative estimate of drug-likeness (QED) is 0.885. The smallest absolute Gasteiger partial charge is 0.163 e. The number of rotatable bonds is 2. The third kappa shape index (κ3) is 2.55. The van der Waals surface area contributed by atoms with Crippen LogP contribution in [0.15, 0.2) is 24.5 Å². The Morgan fingerprint density at radius 1 is 1.15 bits per heavy atom. The molecule has 3 N–H and O–H groups in total. The van der Waals surface area contributed by atoms with E-state index in [4.69, 9.17) is 26.8 Å². The number of fused-ring (bicyclic) bond motifs is 1. The molecule has 0 radical (unpaired) electrons. The molecule has 1 aliphatic heterocycles. The Kier molecular flexibility index (Phi) is 3.47. The van der Waals surface area contributed by atoms with Gasteiger partial charge in [-0.05, 0) is 12.1 Å². The van der Waals surface area contributed by atoms with Crippen molar-refractivity contribution >= 4 is 28.9 Å². The molecule has 0 saturated carbocycles. The first kappa shape index (κ1) is 12.8. The second-order valence-corrected chi connectivity index (χ2v) is 4.64. The van der Waals surface area contributed by atoms with Gasteiger partial charge in [0.15, 0.2) is 17.3 Å². The van der Waals surface area contributed by atoms with Gasteiger partial charge >= 0.3 is 0 Å². The second-order valence-electron chi connectivity index (χ2n) is 4.26. The zero-order chi connectivity index (χ0) is 13.9. The molecular weight excluding hydrogens is 280 g/mol. The predicted octanol–water partition coefficient (Wildman–Crippen LogP) is 2.62. The molecular formula is C13H13ClN4O2. The Balaban J connectivity index is 1.88. The molecule has 0 saturated heterocycles. The van der Waals surface area contributed by atoms with E-state index >= 15 is 0 Å². The molecule has 1 aliphatic rings. The van der Waals surface area contributed by atoms with Crippen LogP contribution in [0.1, 0.15) is 6.42 Å². The van der Waals surface area contributed by atoms with Crippen LogP contribution in [0.2, 0.25) is 5.02 Å². The largest absolute Gasteiger partial charge is 0.490 e. The van der Waals surface area contributed by atoms with Crippen molar-refractivity contribution in [2.45, 2.75) is 6.42 Å². The lowest BCUT2D eigenvalue weighted by Crippen LogP contribution is -2.00. The number of aromatic nitrogens is 2. The Labute approximate surface area is 120 Å². The van der Waals surface area contributed by atoms with Crippen molar-refractivity contribution in [2.24, 2.45) is 0 Å². The summed E-state index contributed by atoms with van der Waals surface area (Å²) in [5.74, 6) is 2.12. The molecule has 3 rings (SSSR count). The minimum Gasteiger partial charge on any atom is -0.490 e. The molecule has 0 amide bonds. The SMILES string of the molecule is Nc1ncnc(Nc2ccc3c(c2)OCCCO3)c1Cl. The van der Waals surface area contributed by atoms with Crippen LogP contribution in [0.25, 0.3) is 0 Å². The summed E-state index contributed by atoms with van der Waals surface area (Å²) < 4.78 is 11.2. The fourth-order valence-corrected chi connectivity index (χ4v) is 1.99. The van der Waals surface area contributed by atoms with Crippen molar-refractivity contribution < 1.29 is 9.47 Å². The van der Waals surface area contributed by atoms with Crippen LogP contribution >= 0.6 is 11.6 Å². The summed E-state index contributed by atoms with van der Waals surface area (Å²) >= 11 is 6.04. The van der Waals surface area contributed by atoms with Crippen molar-refractivity contribution in [3.63, 3.8) is 0 Å². The van der Waals surface area contributed by atoms with Crippen LogP contribution in [0.4, 0.5) is 17.3 Å². The van der Waals surface area contributed by atoms with E-state index in [9.17, 15) is 0 Å². The normalized spacial score (nSPS) is 13.7. The van der Waals surface area contributed by atoms with Gasteiger partial charge in [-0.25, -0.2) is 9.97 Å². The van der Waals surface area contributed by atoms with Crippen LogP contribution in [0, 0.1) is 0 Å². The number of nitrogens with one attached hydrogen (secondary N) is 1. The van der Waals surface area contributed by atoms with Gasteiger partial charge in [-0.15, -0.1) is 0 Å². The van der Waals surface area contributed by atoms with E-state index in [0.29, 0.717) is 29.8 Å². The van der Waals surface area contributed by atoms with E-state index in [1.165, 1.54) is 6.33 Å². The van der Waals surface area contributed by atoms with Gasteiger partial charge in [0, 0.05) is 18.2 Å². The predicted molar refractivity (Wildman–Crippen MR) is 76.8 cm³/mol. The van der Waals surface area contributed by atoms with Gasteiger partial charge in [-0.3, -0.25) is 0 Å². The summed E-state index contributed by atoms with van der Waals surface area (Å²) in [6.07, 6.45) is 2.22. The number of hydrogen-bond donors (Lipinski definition) is 2. The van der Waals surface area contributed by atoms with Gasteiger partial charge < -0.3 is 20.5 Å². The van der Waals surface area contributed by atoms with Crippen molar-refractivity contribution in [3.05, 3.63) is 29.5 Å². The lowest BCUT2D eigenvalue weighted by Gasteiger charge is -2.11. The molecule has 0 aliphatic carbocycles. The molecule has 20 heavy (non-hydrogen) atoms. The molecule has 0 bridgehead atoms. The molecule has 0 fully saturated rings. The van der Waals surface area contributed by atoms with Gasteiger partial charge in [0.05, 0.1) is 13.2 Å². The highest BCUT2D eigenvalue weighted by molar-refractivity contribution is 6.35. The van der Waals surface area contributed by atoms with Crippen molar-refractivity contribution in [1.29, 1.82) is 0 Å². The summed E-state index contributed by atoms with van der Waals surface area (Å²) in [6.45, 7) is 1.30. The van der Waals surface area contributed by atoms with E-state index in [1.54, 1.807) is 0 Å². The maximum atomic E-state index is 6.04. The first-order valence-electron chi connectivity index (χ1n) is 6.16. The number of ether oxygens (including phenoxy) is 2. The Bertz CT molecular complexity index is 636. The minimum atomic E-state index is 0.235. The summed E-state index contributed by atoms with van der Waals surface area (Å²) in [5, 5.41) is 3.38. The molecule has 6 nitrogen and oxygen atoms in total. The van der Waals surface area contributed by atoms with E-state index < -0.39 is 0 Å². The maximum absolute atomic E-state index is 6.04. The van der Waals surface area contributed by atoms with Crippen LogP contribution in [0.3, 0.4) is 0 Å². The highest BCUT2D eigenvalue weighted by Crippen LogP contribution is 2.34. The first-order valence-corrected chi connectivity index (χ1v) is 6.54. The summed E-state index contributed by atoms with van der Waals surface area (Å²) in [4.78, 5) is 7.87. The highest BCUT2D eigenvalue weighted by Gasteiger charge is 2.12. The molecule has 2 heterocycles. The van der Waals surface area contributed by atoms with Crippen LogP contribution < -0.4 is 20.5 Å². The highest BCUT2D eigenvalue weighted by atomic mass is 35.5. The third-order valence-corrected chi connectivity index (χ3v) is 3.20. The molecule has 104 valence electrons. The zero-order valence-corrected chi connectivity index (χ0v) is 11.4. The molecule has 2 aromatic rings. The zero-order valence-electron chi connectivity index (χ0n) is 10.6.